The van der Waals surface area contributed by atoms with Crippen molar-refractivity contribution in [2.45, 2.75) is 33.6 Å². The van der Waals surface area contributed by atoms with Crippen molar-refractivity contribution in [1.82, 2.24) is 4.98 Å². The van der Waals surface area contributed by atoms with Crippen LogP contribution in [0.3, 0.4) is 0 Å². The average molecular weight is 218 g/mol. The maximum atomic E-state index is 8.83. The lowest BCUT2D eigenvalue weighted by molar-refractivity contribution is 0.261. The second-order valence-corrected chi connectivity index (χ2v) is 4.98. The van der Waals surface area contributed by atoms with Crippen LogP contribution in [-0.2, 0) is 0 Å². The number of aromatic nitrogens is 1. The Morgan fingerprint density at radius 1 is 1.44 bits per heavy atom. The number of ether oxygens (including phenoxy) is 1. The van der Waals surface area contributed by atoms with E-state index >= 15 is 0 Å². The minimum Gasteiger partial charge on any atom is -0.477 e. The Morgan fingerprint density at radius 3 is 2.81 bits per heavy atom. The molecular formula is C13H18N2O. The van der Waals surface area contributed by atoms with Crippen LogP contribution in [0.2, 0.25) is 0 Å². The molecular weight excluding hydrogens is 200 g/mol. The molecule has 0 unspecified atom stereocenters. The summed E-state index contributed by atoms with van der Waals surface area (Å²) in [7, 11) is 0. The van der Waals surface area contributed by atoms with Crippen molar-refractivity contribution in [1.29, 1.82) is 5.26 Å². The molecule has 0 aliphatic rings. The molecule has 0 spiro atoms. The Hall–Kier alpha value is -1.56. The Morgan fingerprint density at radius 2 is 2.19 bits per heavy atom. The lowest BCUT2D eigenvalue weighted by Gasteiger charge is -2.17. The second kappa shape index (κ2) is 5.50. The fourth-order valence-corrected chi connectivity index (χ4v) is 1.36. The molecule has 0 amide bonds. The van der Waals surface area contributed by atoms with Gasteiger partial charge in [-0.05, 0) is 30.4 Å². The maximum absolute atomic E-state index is 8.83. The molecule has 0 bridgehead atoms. The van der Waals surface area contributed by atoms with E-state index in [0.29, 0.717) is 23.5 Å². The third-order valence-electron chi connectivity index (χ3n) is 2.20. The summed E-state index contributed by atoms with van der Waals surface area (Å²) in [6.07, 6.45) is 3.71. The van der Waals surface area contributed by atoms with E-state index < -0.39 is 0 Å². The zero-order chi connectivity index (χ0) is 12.0. The highest BCUT2D eigenvalue weighted by Crippen LogP contribution is 2.21. The van der Waals surface area contributed by atoms with Crippen LogP contribution in [0.4, 0.5) is 0 Å². The average Bonchev–Trinajstić information content (AvgIpc) is 2.23. The van der Waals surface area contributed by atoms with E-state index in [9.17, 15) is 0 Å². The monoisotopic (exact) mass is 218 g/mol. The van der Waals surface area contributed by atoms with E-state index in [1.165, 1.54) is 0 Å². The summed E-state index contributed by atoms with van der Waals surface area (Å²) < 4.78 is 5.49. The lowest BCUT2D eigenvalue weighted by atomic mass is 9.91. The van der Waals surface area contributed by atoms with Crippen LogP contribution in [0.5, 0.6) is 5.88 Å². The van der Waals surface area contributed by atoms with E-state index in [1.807, 2.05) is 0 Å². The number of nitrogens with zero attached hydrogens (tertiary/aromatic N) is 2. The van der Waals surface area contributed by atoms with Gasteiger partial charge in [0.05, 0.1) is 6.61 Å². The van der Waals surface area contributed by atoms with Crippen LogP contribution in [0.15, 0.2) is 18.3 Å². The molecule has 3 heteroatoms. The normalized spacial score (nSPS) is 10.9. The largest absolute Gasteiger partial charge is 0.477 e. The fourth-order valence-electron chi connectivity index (χ4n) is 1.36. The minimum absolute atomic E-state index is 0.325. The predicted molar refractivity (Wildman–Crippen MR) is 63.1 cm³/mol. The Bertz CT molecular complexity index is 374. The Labute approximate surface area is 97.1 Å². The van der Waals surface area contributed by atoms with E-state index in [2.05, 4.69) is 31.8 Å². The molecule has 1 heterocycles. The summed E-state index contributed by atoms with van der Waals surface area (Å²) in [5.41, 5.74) is 0.823. The van der Waals surface area contributed by atoms with Crippen molar-refractivity contribution in [2.75, 3.05) is 6.61 Å². The fraction of sp³-hybridized carbons (Fsp3) is 0.538. The smallest absolute Gasteiger partial charge is 0.231 e. The van der Waals surface area contributed by atoms with Crippen molar-refractivity contribution in [3.05, 3.63) is 23.9 Å². The highest BCUT2D eigenvalue weighted by Gasteiger charge is 2.10. The number of hydrogen-bond acceptors (Lipinski definition) is 3. The molecule has 0 aliphatic carbocycles. The molecule has 0 atom stereocenters. The van der Waals surface area contributed by atoms with Crippen LogP contribution >= 0.6 is 0 Å². The van der Waals surface area contributed by atoms with Crippen molar-refractivity contribution in [2.24, 2.45) is 5.41 Å². The molecule has 0 saturated heterocycles. The second-order valence-electron chi connectivity index (χ2n) is 4.98. The molecule has 1 aromatic rings. The first-order valence-electron chi connectivity index (χ1n) is 5.51. The van der Waals surface area contributed by atoms with E-state index in [-0.39, 0.29) is 0 Å². The van der Waals surface area contributed by atoms with Gasteiger partial charge >= 0.3 is 0 Å². The van der Waals surface area contributed by atoms with Crippen molar-refractivity contribution < 1.29 is 4.74 Å². The Balaban J connectivity index is 2.41. The number of nitriles is 1. The topological polar surface area (TPSA) is 45.9 Å². The first-order valence-corrected chi connectivity index (χ1v) is 5.51. The molecule has 0 aromatic carbocycles. The van der Waals surface area contributed by atoms with Crippen LogP contribution in [0.25, 0.3) is 0 Å². The molecule has 1 rings (SSSR count). The summed E-state index contributed by atoms with van der Waals surface area (Å²) in [4.78, 5) is 4.04. The standard InChI is InChI=1S/C13H18N2O/c1-13(2,3)7-5-9-16-12-11(10-14)6-4-8-15-12/h4,6,8H,5,7,9H2,1-3H3. The third kappa shape index (κ3) is 4.31. The van der Waals surface area contributed by atoms with Gasteiger partial charge in [-0.2, -0.15) is 5.26 Å². The maximum Gasteiger partial charge on any atom is 0.231 e. The van der Waals surface area contributed by atoms with Crippen molar-refractivity contribution in [3.63, 3.8) is 0 Å². The van der Waals surface area contributed by atoms with Crippen molar-refractivity contribution in [3.8, 4) is 11.9 Å². The molecule has 3 nitrogen and oxygen atoms in total. The van der Waals surface area contributed by atoms with Gasteiger partial charge in [-0.15, -0.1) is 0 Å². The van der Waals surface area contributed by atoms with Gasteiger partial charge in [0.15, 0.2) is 0 Å². The highest BCUT2D eigenvalue weighted by atomic mass is 16.5. The van der Waals surface area contributed by atoms with Gasteiger partial charge in [-0.3, -0.25) is 0 Å². The lowest BCUT2D eigenvalue weighted by Crippen LogP contribution is -2.08. The number of rotatable bonds is 4. The van der Waals surface area contributed by atoms with Gasteiger partial charge in [0.2, 0.25) is 5.88 Å². The van der Waals surface area contributed by atoms with Crippen LogP contribution in [-0.4, -0.2) is 11.6 Å². The van der Waals surface area contributed by atoms with E-state index in [4.69, 9.17) is 10.00 Å². The van der Waals surface area contributed by atoms with Gasteiger partial charge in [0.25, 0.3) is 0 Å². The van der Waals surface area contributed by atoms with Gasteiger partial charge in [-0.25, -0.2) is 4.98 Å². The van der Waals surface area contributed by atoms with Gasteiger partial charge in [0, 0.05) is 6.20 Å². The Kier molecular flexibility index (Phi) is 4.30. The first-order chi connectivity index (χ1) is 7.53. The molecule has 16 heavy (non-hydrogen) atoms. The molecule has 86 valence electrons. The van der Waals surface area contributed by atoms with E-state index in [0.717, 1.165) is 12.8 Å². The summed E-state index contributed by atoms with van der Waals surface area (Å²) in [6, 6.07) is 5.52. The van der Waals surface area contributed by atoms with Crippen LogP contribution in [0.1, 0.15) is 39.2 Å². The van der Waals surface area contributed by atoms with E-state index in [1.54, 1.807) is 18.3 Å². The summed E-state index contributed by atoms with van der Waals surface area (Å²) in [5.74, 6) is 0.443. The zero-order valence-corrected chi connectivity index (χ0v) is 10.2. The molecule has 0 fully saturated rings. The summed E-state index contributed by atoms with van der Waals surface area (Å²) in [5, 5.41) is 8.83. The zero-order valence-electron chi connectivity index (χ0n) is 10.2. The molecule has 0 saturated carbocycles. The number of hydrogen-bond donors (Lipinski definition) is 0. The van der Waals surface area contributed by atoms with Crippen LogP contribution in [0, 0.1) is 16.7 Å². The van der Waals surface area contributed by atoms with Gasteiger partial charge in [0.1, 0.15) is 11.6 Å². The minimum atomic E-state index is 0.325. The molecule has 1 aromatic heterocycles. The van der Waals surface area contributed by atoms with Crippen molar-refractivity contribution >= 4 is 0 Å². The summed E-state index contributed by atoms with van der Waals surface area (Å²) in [6.45, 7) is 7.22. The molecule has 0 aliphatic heterocycles. The van der Waals surface area contributed by atoms with Gasteiger partial charge in [-0.1, -0.05) is 20.8 Å². The predicted octanol–water partition coefficient (Wildman–Crippen LogP) is 3.16. The quantitative estimate of drug-likeness (QED) is 0.729. The first kappa shape index (κ1) is 12.5. The number of pyridine rings is 1. The third-order valence-corrected chi connectivity index (χ3v) is 2.20. The highest BCUT2D eigenvalue weighted by molar-refractivity contribution is 5.36. The molecule has 0 radical (unpaired) electrons. The molecule has 0 N–H and O–H groups in total. The van der Waals surface area contributed by atoms with Crippen LogP contribution < -0.4 is 4.74 Å². The van der Waals surface area contributed by atoms with Gasteiger partial charge < -0.3 is 4.74 Å². The summed E-state index contributed by atoms with van der Waals surface area (Å²) >= 11 is 0. The SMILES string of the molecule is CC(C)(C)CCCOc1ncccc1C#N.